The molecule has 148 valence electrons. The average Bonchev–Trinajstić information content (AvgIpc) is 3.06. The number of halogens is 3. The van der Waals surface area contributed by atoms with E-state index < -0.39 is 18.1 Å². The van der Waals surface area contributed by atoms with Crippen molar-refractivity contribution in [3.63, 3.8) is 0 Å². The van der Waals surface area contributed by atoms with E-state index in [4.69, 9.17) is 20.3 Å². The Labute approximate surface area is 160 Å². The Morgan fingerprint density at radius 2 is 1.79 bits per heavy atom. The van der Waals surface area contributed by atoms with Gasteiger partial charge in [-0.05, 0) is 36.5 Å². The van der Waals surface area contributed by atoms with E-state index in [9.17, 15) is 18.0 Å². The molecule has 12 heteroatoms. The van der Waals surface area contributed by atoms with E-state index in [2.05, 4.69) is 21.5 Å². The van der Waals surface area contributed by atoms with Crippen LogP contribution in [0.25, 0.3) is 0 Å². The van der Waals surface area contributed by atoms with Crippen LogP contribution in [0.5, 0.6) is 0 Å². The number of aromatic nitrogens is 3. The number of alkyl halides is 3. The van der Waals surface area contributed by atoms with Crippen LogP contribution < -0.4 is 0 Å². The molecule has 0 atom stereocenters. The lowest BCUT2D eigenvalue weighted by Crippen LogP contribution is -2.24. The molecule has 8 nitrogen and oxygen atoms in total. The maximum atomic E-state index is 11.0. The molecule has 1 fully saturated rings. The quantitative estimate of drug-likeness (QED) is 0.693. The summed E-state index contributed by atoms with van der Waals surface area (Å²) in [5.41, 5.74) is 1.95. The van der Waals surface area contributed by atoms with Crippen LogP contribution >= 0.6 is 11.8 Å². The molecule has 28 heavy (non-hydrogen) atoms. The smallest absolute Gasteiger partial charge is 0.476 e. The summed E-state index contributed by atoms with van der Waals surface area (Å²) in [6, 6.07) is 9.74. The van der Waals surface area contributed by atoms with Crippen molar-refractivity contribution in [2.75, 3.05) is 0 Å². The number of aromatic amines is 1. The molecular formula is C16H13F3N4O4S. The van der Waals surface area contributed by atoms with Crippen LogP contribution in [0.3, 0.4) is 0 Å². The van der Waals surface area contributed by atoms with E-state index >= 15 is 0 Å². The number of hydrogen-bond acceptors (Lipinski definition) is 6. The highest BCUT2D eigenvalue weighted by Gasteiger charge is 2.38. The number of nitriles is 1. The summed E-state index contributed by atoms with van der Waals surface area (Å²) in [7, 11) is 0. The second-order valence-corrected chi connectivity index (χ2v) is 7.03. The molecule has 0 amide bonds. The molecule has 0 saturated heterocycles. The van der Waals surface area contributed by atoms with Gasteiger partial charge in [0.05, 0.1) is 11.6 Å². The van der Waals surface area contributed by atoms with Gasteiger partial charge >= 0.3 is 18.1 Å². The molecule has 3 N–H and O–H groups in total. The highest BCUT2D eigenvalue weighted by Crippen LogP contribution is 2.45. The predicted molar refractivity (Wildman–Crippen MR) is 89.8 cm³/mol. The van der Waals surface area contributed by atoms with Crippen molar-refractivity contribution in [2.45, 2.75) is 35.2 Å². The normalized spacial score (nSPS) is 18.2. The van der Waals surface area contributed by atoms with Crippen molar-refractivity contribution in [2.24, 2.45) is 0 Å². The number of aromatic carboxylic acids is 1. The number of carbonyl (C=O) groups is 2. The first-order valence-corrected chi connectivity index (χ1v) is 8.61. The molecule has 1 heterocycles. The SMILES string of the molecule is N#Cc1ccc(C2CC(Sc3nn[nH]c3C(=O)O)C2)cc1.O=C(O)C(F)(F)F. The highest BCUT2D eigenvalue weighted by molar-refractivity contribution is 8.00. The molecule has 3 rings (SSSR count). The zero-order valence-corrected chi connectivity index (χ0v) is 14.8. The summed E-state index contributed by atoms with van der Waals surface area (Å²) in [5.74, 6) is -3.33. The van der Waals surface area contributed by atoms with Gasteiger partial charge in [-0.3, -0.25) is 5.10 Å². The van der Waals surface area contributed by atoms with Gasteiger partial charge in [-0.1, -0.05) is 29.1 Å². The van der Waals surface area contributed by atoms with Crippen molar-refractivity contribution in [1.29, 1.82) is 5.26 Å². The molecule has 0 aliphatic heterocycles. The number of hydrogen-bond donors (Lipinski definition) is 3. The van der Waals surface area contributed by atoms with Gasteiger partial charge in [0.2, 0.25) is 0 Å². The third-order valence-electron chi connectivity index (χ3n) is 3.86. The zero-order valence-electron chi connectivity index (χ0n) is 14.0. The number of H-pyrrole nitrogens is 1. The molecule has 0 spiro atoms. The van der Waals surface area contributed by atoms with Gasteiger partial charge in [-0.2, -0.15) is 18.4 Å². The fourth-order valence-electron chi connectivity index (χ4n) is 2.36. The van der Waals surface area contributed by atoms with E-state index in [1.807, 2.05) is 24.3 Å². The third-order valence-corrected chi connectivity index (χ3v) is 5.08. The minimum absolute atomic E-state index is 0.0572. The molecule has 0 radical (unpaired) electrons. The molecule has 1 aromatic carbocycles. The third kappa shape index (κ3) is 5.46. The molecule has 1 aliphatic carbocycles. The van der Waals surface area contributed by atoms with E-state index in [1.54, 1.807) is 0 Å². The largest absolute Gasteiger partial charge is 0.490 e. The fraction of sp³-hybridized carbons (Fsp3) is 0.312. The van der Waals surface area contributed by atoms with Crippen molar-refractivity contribution in [3.8, 4) is 6.07 Å². The van der Waals surface area contributed by atoms with E-state index in [0.29, 0.717) is 21.8 Å². The maximum absolute atomic E-state index is 11.0. The van der Waals surface area contributed by atoms with Gasteiger partial charge in [-0.15, -0.1) is 5.10 Å². The van der Waals surface area contributed by atoms with Gasteiger partial charge in [0.25, 0.3) is 0 Å². The minimum Gasteiger partial charge on any atom is -0.476 e. The number of nitrogens with zero attached hydrogens (tertiary/aromatic N) is 3. The van der Waals surface area contributed by atoms with E-state index in [1.165, 1.54) is 17.3 Å². The summed E-state index contributed by atoms with van der Waals surface area (Å²) < 4.78 is 31.7. The number of nitrogens with one attached hydrogen (secondary N) is 1. The van der Waals surface area contributed by atoms with Gasteiger partial charge in [0, 0.05) is 5.25 Å². The van der Waals surface area contributed by atoms with Crippen molar-refractivity contribution >= 4 is 23.7 Å². The second kappa shape index (κ2) is 8.75. The number of carboxylic acids is 2. The van der Waals surface area contributed by atoms with Crippen LogP contribution in [0, 0.1) is 11.3 Å². The predicted octanol–water partition coefficient (Wildman–Crippen LogP) is 3.05. The van der Waals surface area contributed by atoms with Crippen molar-refractivity contribution in [3.05, 3.63) is 41.1 Å². The lowest BCUT2D eigenvalue weighted by molar-refractivity contribution is -0.192. The highest BCUT2D eigenvalue weighted by atomic mass is 32.2. The molecule has 0 bridgehead atoms. The molecule has 0 unspecified atom stereocenters. The topological polar surface area (TPSA) is 140 Å². The Morgan fingerprint density at radius 1 is 1.21 bits per heavy atom. The van der Waals surface area contributed by atoms with Gasteiger partial charge in [0.15, 0.2) is 10.7 Å². The van der Waals surface area contributed by atoms with Gasteiger partial charge in [0.1, 0.15) is 0 Å². The zero-order chi connectivity index (χ0) is 20.9. The van der Waals surface area contributed by atoms with Crippen LogP contribution in [0.15, 0.2) is 29.3 Å². The lowest BCUT2D eigenvalue weighted by atomic mass is 9.79. The second-order valence-electron chi connectivity index (χ2n) is 5.74. The Bertz CT molecular complexity index is 887. The Balaban J connectivity index is 0.000000345. The first-order valence-electron chi connectivity index (χ1n) is 7.73. The summed E-state index contributed by atoms with van der Waals surface area (Å²) in [6.45, 7) is 0. The molecule has 1 aromatic heterocycles. The van der Waals surface area contributed by atoms with Crippen molar-refractivity contribution < 1.29 is 33.0 Å². The Morgan fingerprint density at radius 3 is 2.25 bits per heavy atom. The molecule has 1 saturated carbocycles. The Kier molecular flexibility index (Phi) is 6.63. The fourth-order valence-corrected chi connectivity index (χ4v) is 3.67. The molecular weight excluding hydrogens is 401 g/mol. The van der Waals surface area contributed by atoms with Crippen LogP contribution in [0.4, 0.5) is 13.2 Å². The van der Waals surface area contributed by atoms with Gasteiger partial charge in [-0.25, -0.2) is 9.59 Å². The summed E-state index contributed by atoms with van der Waals surface area (Å²) in [4.78, 5) is 19.9. The number of carboxylic acid groups (broad SMARTS) is 2. The first-order chi connectivity index (χ1) is 13.1. The first kappa shape index (κ1) is 21.2. The summed E-state index contributed by atoms with van der Waals surface area (Å²) in [6.07, 6.45) is -3.13. The summed E-state index contributed by atoms with van der Waals surface area (Å²) in [5, 5.41) is 35.5. The van der Waals surface area contributed by atoms with Gasteiger partial charge < -0.3 is 10.2 Å². The van der Waals surface area contributed by atoms with Crippen LogP contribution in [-0.2, 0) is 4.79 Å². The van der Waals surface area contributed by atoms with Crippen LogP contribution in [0.2, 0.25) is 0 Å². The lowest BCUT2D eigenvalue weighted by Gasteiger charge is -2.34. The van der Waals surface area contributed by atoms with E-state index in [-0.39, 0.29) is 5.69 Å². The summed E-state index contributed by atoms with van der Waals surface area (Å²) >= 11 is 1.46. The minimum atomic E-state index is -5.08. The van der Waals surface area contributed by atoms with E-state index in [0.717, 1.165) is 12.8 Å². The number of rotatable bonds is 4. The molecule has 2 aromatic rings. The number of benzene rings is 1. The average molecular weight is 414 g/mol. The maximum Gasteiger partial charge on any atom is 0.490 e. The van der Waals surface area contributed by atoms with Crippen LogP contribution in [0.1, 0.15) is 40.4 Å². The van der Waals surface area contributed by atoms with Crippen LogP contribution in [-0.4, -0.2) is 49.0 Å². The molecule has 1 aliphatic rings. The number of aliphatic carboxylic acids is 1. The standard InChI is InChI=1S/C14H12N4O2S.C2HF3O2/c15-7-8-1-3-9(4-2-8)10-5-11(6-10)21-13-12(14(19)20)16-18-17-13;3-2(4,5)1(6)7/h1-4,10-11H,5-6H2,(H,19,20)(H,16,17,18);(H,6,7). The van der Waals surface area contributed by atoms with Crippen molar-refractivity contribution in [1.82, 2.24) is 15.4 Å². The number of thioether (sulfide) groups is 1. The monoisotopic (exact) mass is 414 g/mol. The Hall–Kier alpha value is -3.07.